The van der Waals surface area contributed by atoms with Crippen LogP contribution in [0.2, 0.25) is 0 Å². The smallest absolute Gasteiger partial charge is 0.282 e. The molecule has 1 aliphatic rings. The third-order valence-electron chi connectivity index (χ3n) is 3.42. The first-order valence-electron chi connectivity index (χ1n) is 6.98. The van der Waals surface area contributed by atoms with Crippen LogP contribution in [0.25, 0.3) is 0 Å². The Kier molecular flexibility index (Phi) is 4.74. The number of nitro benzene ring substituents is 1. The van der Waals surface area contributed by atoms with Crippen molar-refractivity contribution in [2.75, 3.05) is 25.0 Å². The molecule has 0 saturated carbocycles. The number of aliphatic hydroxyl groups is 1. The Morgan fingerprint density at radius 1 is 1.48 bits per heavy atom. The van der Waals surface area contributed by atoms with Gasteiger partial charge < -0.3 is 15.3 Å². The van der Waals surface area contributed by atoms with Gasteiger partial charge in [-0.15, -0.1) is 0 Å². The first-order chi connectivity index (χ1) is 9.99. The monoisotopic (exact) mass is 293 g/mol. The first kappa shape index (κ1) is 15.2. The molecular weight excluding hydrogens is 274 g/mol. The molecule has 114 valence electrons. The first-order valence-corrected chi connectivity index (χ1v) is 6.98. The van der Waals surface area contributed by atoms with Crippen LogP contribution in [-0.4, -0.2) is 46.6 Å². The van der Waals surface area contributed by atoms with E-state index in [4.69, 9.17) is 0 Å². The highest BCUT2D eigenvalue weighted by molar-refractivity contribution is 5.99. The zero-order valence-electron chi connectivity index (χ0n) is 11.9. The number of carbonyl (C=O) groups is 1. The third-order valence-corrected chi connectivity index (χ3v) is 3.42. The lowest BCUT2D eigenvalue weighted by Gasteiger charge is -2.16. The van der Waals surface area contributed by atoms with Gasteiger partial charge in [0.1, 0.15) is 5.56 Å². The van der Waals surface area contributed by atoms with Gasteiger partial charge in [0.2, 0.25) is 0 Å². The molecule has 2 N–H and O–H groups in total. The van der Waals surface area contributed by atoms with E-state index in [1.165, 1.54) is 12.1 Å². The summed E-state index contributed by atoms with van der Waals surface area (Å²) in [6, 6.07) is 4.36. The van der Waals surface area contributed by atoms with Crippen LogP contribution in [0.3, 0.4) is 0 Å². The molecule has 7 heteroatoms. The molecule has 2 rings (SSSR count). The van der Waals surface area contributed by atoms with Crippen LogP contribution in [0.5, 0.6) is 0 Å². The molecular formula is C14H19N3O4. The summed E-state index contributed by atoms with van der Waals surface area (Å²) in [5.41, 5.74) is 0.496. The van der Waals surface area contributed by atoms with Gasteiger partial charge in [-0.25, -0.2) is 0 Å². The number of anilines is 1. The van der Waals surface area contributed by atoms with Crippen LogP contribution in [0.4, 0.5) is 11.4 Å². The van der Waals surface area contributed by atoms with E-state index < -0.39 is 11.0 Å². The lowest BCUT2D eigenvalue weighted by Crippen LogP contribution is -2.28. The lowest BCUT2D eigenvalue weighted by atomic mass is 10.1. The number of likely N-dealkylation sites (tertiary alicyclic amines) is 1. The average molecular weight is 293 g/mol. The van der Waals surface area contributed by atoms with Gasteiger partial charge in [0.05, 0.1) is 11.0 Å². The highest BCUT2D eigenvalue weighted by Gasteiger charge is 2.26. The molecule has 7 nitrogen and oxygen atoms in total. The topological polar surface area (TPSA) is 95.7 Å². The molecule has 1 aromatic rings. The van der Waals surface area contributed by atoms with Crippen molar-refractivity contribution < 1.29 is 14.8 Å². The molecule has 0 bridgehead atoms. The Bertz CT molecular complexity index is 539. The molecule has 0 aromatic heterocycles. The van der Waals surface area contributed by atoms with E-state index >= 15 is 0 Å². The number of nitrogens with zero attached hydrogens (tertiary/aromatic N) is 2. The van der Waals surface area contributed by atoms with E-state index in [2.05, 4.69) is 5.32 Å². The number of benzene rings is 1. The molecule has 1 saturated heterocycles. The van der Waals surface area contributed by atoms with Crippen LogP contribution < -0.4 is 5.32 Å². The molecule has 1 aromatic carbocycles. The predicted octanol–water partition coefficient (Wildman–Crippen LogP) is 1.62. The fourth-order valence-electron chi connectivity index (χ4n) is 2.33. The van der Waals surface area contributed by atoms with Gasteiger partial charge in [-0.3, -0.25) is 14.9 Å². The Morgan fingerprint density at radius 2 is 2.14 bits per heavy atom. The molecule has 1 aliphatic heterocycles. The Balaban J connectivity index is 2.27. The largest absolute Gasteiger partial charge is 0.392 e. The second-order valence-corrected chi connectivity index (χ2v) is 5.22. The number of aliphatic hydroxyl groups excluding tert-OH is 1. The highest BCUT2D eigenvalue weighted by atomic mass is 16.6. The van der Waals surface area contributed by atoms with Crippen molar-refractivity contribution in [3.8, 4) is 0 Å². The molecule has 1 heterocycles. The molecule has 0 spiro atoms. The van der Waals surface area contributed by atoms with Crippen LogP contribution in [-0.2, 0) is 0 Å². The number of nitro groups is 1. The summed E-state index contributed by atoms with van der Waals surface area (Å²) in [4.78, 5) is 24.6. The SMILES string of the molecule is CC(O)CNc1ccc([N+](=O)[O-])c(C(=O)N2CCCC2)c1. The van der Waals surface area contributed by atoms with Gasteiger partial charge in [-0.05, 0) is 31.9 Å². The number of nitrogens with one attached hydrogen (secondary N) is 1. The van der Waals surface area contributed by atoms with Gasteiger partial charge >= 0.3 is 0 Å². The summed E-state index contributed by atoms with van der Waals surface area (Å²) in [5.74, 6) is -0.306. The summed E-state index contributed by atoms with van der Waals surface area (Å²) >= 11 is 0. The van der Waals surface area contributed by atoms with Crippen molar-refractivity contribution >= 4 is 17.3 Å². The van der Waals surface area contributed by atoms with E-state index in [1.807, 2.05) is 0 Å². The molecule has 21 heavy (non-hydrogen) atoms. The summed E-state index contributed by atoms with van der Waals surface area (Å²) in [6.45, 7) is 3.23. The highest BCUT2D eigenvalue weighted by Crippen LogP contribution is 2.25. The minimum atomic E-state index is -0.544. The van der Waals surface area contributed by atoms with Gasteiger partial charge in [0, 0.05) is 31.4 Å². The van der Waals surface area contributed by atoms with Gasteiger partial charge in [-0.2, -0.15) is 0 Å². The van der Waals surface area contributed by atoms with E-state index in [0.717, 1.165) is 12.8 Å². The zero-order valence-corrected chi connectivity index (χ0v) is 11.9. The summed E-state index contributed by atoms with van der Waals surface area (Å²) < 4.78 is 0. The maximum atomic E-state index is 12.4. The van der Waals surface area contributed by atoms with Crippen molar-refractivity contribution in [2.45, 2.75) is 25.9 Å². The quantitative estimate of drug-likeness (QED) is 0.635. The molecule has 1 amide bonds. The minimum Gasteiger partial charge on any atom is -0.392 e. The van der Waals surface area contributed by atoms with E-state index in [9.17, 15) is 20.0 Å². The molecule has 1 unspecified atom stereocenters. The molecule has 0 aliphatic carbocycles. The minimum absolute atomic E-state index is 0.0949. The molecule has 0 radical (unpaired) electrons. The maximum absolute atomic E-state index is 12.4. The second kappa shape index (κ2) is 6.53. The Labute approximate surface area is 122 Å². The Hall–Kier alpha value is -2.15. The average Bonchev–Trinajstić information content (AvgIpc) is 2.98. The lowest BCUT2D eigenvalue weighted by molar-refractivity contribution is -0.385. The second-order valence-electron chi connectivity index (χ2n) is 5.22. The fourth-order valence-corrected chi connectivity index (χ4v) is 2.33. The van der Waals surface area contributed by atoms with Gasteiger partial charge in [0.25, 0.3) is 11.6 Å². The van der Waals surface area contributed by atoms with Crippen LogP contribution in [0.15, 0.2) is 18.2 Å². The third kappa shape index (κ3) is 3.69. The van der Waals surface area contributed by atoms with Crippen LogP contribution in [0, 0.1) is 10.1 Å². The summed E-state index contributed by atoms with van der Waals surface area (Å²) in [7, 11) is 0. The molecule has 1 fully saturated rings. The van der Waals surface area contributed by atoms with Crippen molar-refractivity contribution in [2.24, 2.45) is 0 Å². The van der Waals surface area contributed by atoms with Crippen molar-refractivity contribution in [3.63, 3.8) is 0 Å². The van der Waals surface area contributed by atoms with Crippen molar-refractivity contribution in [1.29, 1.82) is 0 Å². The number of rotatable bonds is 5. The van der Waals surface area contributed by atoms with E-state index in [-0.39, 0.29) is 17.2 Å². The number of carbonyl (C=O) groups excluding carboxylic acids is 1. The number of hydrogen-bond acceptors (Lipinski definition) is 5. The normalized spacial score (nSPS) is 15.8. The van der Waals surface area contributed by atoms with E-state index in [1.54, 1.807) is 17.9 Å². The predicted molar refractivity (Wildman–Crippen MR) is 78.4 cm³/mol. The van der Waals surface area contributed by atoms with Crippen molar-refractivity contribution in [1.82, 2.24) is 4.90 Å². The number of hydrogen-bond donors (Lipinski definition) is 2. The molecule has 1 atom stereocenters. The zero-order chi connectivity index (χ0) is 15.4. The maximum Gasteiger partial charge on any atom is 0.282 e. The summed E-state index contributed by atoms with van der Waals surface area (Å²) in [5, 5.41) is 23.3. The van der Waals surface area contributed by atoms with E-state index in [0.29, 0.717) is 25.3 Å². The number of amides is 1. The van der Waals surface area contributed by atoms with Gasteiger partial charge in [-0.1, -0.05) is 0 Å². The standard InChI is InChI=1S/C14H19N3O4/c1-10(18)9-15-11-4-5-13(17(20)21)12(8-11)14(19)16-6-2-3-7-16/h4-5,8,10,15,18H,2-3,6-7,9H2,1H3. The van der Waals surface area contributed by atoms with Crippen LogP contribution in [0.1, 0.15) is 30.1 Å². The Morgan fingerprint density at radius 3 is 2.71 bits per heavy atom. The van der Waals surface area contributed by atoms with Gasteiger partial charge in [0.15, 0.2) is 0 Å². The van der Waals surface area contributed by atoms with Crippen LogP contribution >= 0.6 is 0 Å². The van der Waals surface area contributed by atoms with Crippen molar-refractivity contribution in [3.05, 3.63) is 33.9 Å². The fraction of sp³-hybridized carbons (Fsp3) is 0.500. The summed E-state index contributed by atoms with van der Waals surface area (Å²) in [6.07, 6.45) is 1.32.